The molecule has 0 N–H and O–H groups in total. The largest absolute Gasteiger partial charge is 0.418 e. The monoisotopic (exact) mass is 275 g/mol. The van der Waals surface area contributed by atoms with Crippen molar-refractivity contribution >= 4 is 17.3 Å². The summed E-state index contributed by atoms with van der Waals surface area (Å²) in [5.74, 6) is 0. The molecule has 1 aromatic rings. The molecule has 1 aromatic carbocycles. The molecule has 3 nitrogen and oxygen atoms in total. The topological polar surface area (TPSA) is 43.1 Å². The highest BCUT2D eigenvalue weighted by molar-refractivity contribution is 6.32. The van der Waals surface area contributed by atoms with Crippen LogP contribution in [0.15, 0.2) is 12.1 Å². The van der Waals surface area contributed by atoms with E-state index in [0.717, 1.165) is 0 Å². The van der Waals surface area contributed by atoms with Crippen LogP contribution in [0.4, 0.5) is 27.6 Å². The lowest BCUT2D eigenvalue weighted by Gasteiger charge is -2.11. The molecular formula is C8H3ClF5NO2. The van der Waals surface area contributed by atoms with Crippen LogP contribution >= 0.6 is 11.6 Å². The molecule has 0 atom stereocenters. The minimum atomic E-state index is -5.03. The van der Waals surface area contributed by atoms with Crippen molar-refractivity contribution in [2.75, 3.05) is 0 Å². The molecule has 0 fully saturated rings. The number of nitro benzene ring substituents is 1. The van der Waals surface area contributed by atoms with Gasteiger partial charge in [0, 0.05) is 17.7 Å². The van der Waals surface area contributed by atoms with E-state index in [1.54, 1.807) is 0 Å². The van der Waals surface area contributed by atoms with Crippen molar-refractivity contribution in [2.45, 2.75) is 12.6 Å². The minimum absolute atomic E-state index is 0.119. The molecule has 0 heterocycles. The van der Waals surface area contributed by atoms with E-state index in [1.807, 2.05) is 0 Å². The molecule has 0 radical (unpaired) electrons. The molecule has 0 bridgehead atoms. The second-order valence-corrected chi connectivity index (χ2v) is 3.33. The van der Waals surface area contributed by atoms with Crippen LogP contribution in [-0.2, 0) is 6.18 Å². The van der Waals surface area contributed by atoms with Gasteiger partial charge in [-0.2, -0.15) is 13.2 Å². The Morgan fingerprint density at radius 2 is 1.82 bits per heavy atom. The van der Waals surface area contributed by atoms with Crippen LogP contribution in [0.3, 0.4) is 0 Å². The molecule has 0 spiro atoms. The Morgan fingerprint density at radius 3 is 2.18 bits per heavy atom. The van der Waals surface area contributed by atoms with Crippen LogP contribution in [0.2, 0.25) is 5.02 Å². The van der Waals surface area contributed by atoms with Gasteiger partial charge in [-0.05, 0) is 0 Å². The van der Waals surface area contributed by atoms with Crippen LogP contribution in [0.5, 0.6) is 0 Å². The van der Waals surface area contributed by atoms with Crippen molar-refractivity contribution in [2.24, 2.45) is 0 Å². The van der Waals surface area contributed by atoms with Crippen molar-refractivity contribution < 1.29 is 26.9 Å². The molecule has 0 aliphatic rings. The lowest BCUT2D eigenvalue weighted by molar-refractivity contribution is -0.385. The van der Waals surface area contributed by atoms with Gasteiger partial charge in [-0.25, -0.2) is 8.78 Å². The summed E-state index contributed by atoms with van der Waals surface area (Å²) < 4.78 is 61.9. The summed E-state index contributed by atoms with van der Waals surface area (Å²) in [6.45, 7) is 0. The van der Waals surface area contributed by atoms with Gasteiger partial charge in [0.1, 0.15) is 0 Å². The van der Waals surface area contributed by atoms with E-state index in [2.05, 4.69) is 0 Å². The number of rotatable bonds is 2. The molecule has 0 unspecified atom stereocenters. The molecule has 9 heteroatoms. The van der Waals surface area contributed by atoms with Crippen molar-refractivity contribution in [1.82, 2.24) is 0 Å². The third-order valence-corrected chi connectivity index (χ3v) is 2.26. The molecule has 0 amide bonds. The lowest BCUT2D eigenvalue weighted by Crippen LogP contribution is -2.08. The first-order valence-electron chi connectivity index (χ1n) is 3.97. The number of alkyl halides is 5. The SMILES string of the molecule is O=[N+]([O-])c1cc(C(F)F)c(Cl)c(C(F)(F)F)c1. The molecule has 94 valence electrons. The molecule has 0 saturated carbocycles. The van der Waals surface area contributed by atoms with Gasteiger partial charge in [-0.3, -0.25) is 10.1 Å². The van der Waals surface area contributed by atoms with Crippen LogP contribution in [0, 0.1) is 10.1 Å². The first-order chi connectivity index (χ1) is 7.64. The highest BCUT2D eigenvalue weighted by Crippen LogP contribution is 2.41. The maximum absolute atomic E-state index is 12.4. The maximum Gasteiger partial charge on any atom is 0.418 e. The van der Waals surface area contributed by atoms with Crippen molar-refractivity contribution in [3.05, 3.63) is 38.4 Å². The smallest absolute Gasteiger partial charge is 0.258 e. The molecule has 0 aliphatic carbocycles. The minimum Gasteiger partial charge on any atom is -0.258 e. The average molecular weight is 276 g/mol. The Kier molecular flexibility index (Phi) is 3.56. The van der Waals surface area contributed by atoms with Gasteiger partial charge in [0.05, 0.1) is 15.5 Å². The molecule has 1 rings (SSSR count). The Labute approximate surface area is 95.9 Å². The van der Waals surface area contributed by atoms with Gasteiger partial charge >= 0.3 is 6.18 Å². The molecule has 0 saturated heterocycles. The van der Waals surface area contributed by atoms with Crippen LogP contribution in [0.25, 0.3) is 0 Å². The summed E-state index contributed by atoms with van der Waals surface area (Å²) in [4.78, 5) is 9.12. The van der Waals surface area contributed by atoms with Crippen LogP contribution in [0.1, 0.15) is 17.6 Å². The van der Waals surface area contributed by atoms with Crippen LogP contribution < -0.4 is 0 Å². The van der Waals surface area contributed by atoms with Gasteiger partial charge in [-0.15, -0.1) is 0 Å². The van der Waals surface area contributed by atoms with E-state index < -0.39 is 39.4 Å². The van der Waals surface area contributed by atoms with E-state index in [0.29, 0.717) is 6.07 Å². The van der Waals surface area contributed by atoms with E-state index in [1.165, 1.54) is 0 Å². The maximum atomic E-state index is 12.4. The first-order valence-corrected chi connectivity index (χ1v) is 4.35. The Morgan fingerprint density at radius 1 is 1.29 bits per heavy atom. The van der Waals surface area contributed by atoms with Crippen molar-refractivity contribution in [3.8, 4) is 0 Å². The summed E-state index contributed by atoms with van der Waals surface area (Å²) >= 11 is 5.14. The fraction of sp³-hybridized carbons (Fsp3) is 0.250. The molecule has 17 heavy (non-hydrogen) atoms. The molecule has 0 aromatic heterocycles. The Balaban J connectivity index is 3.55. The van der Waals surface area contributed by atoms with Gasteiger partial charge in [0.2, 0.25) is 0 Å². The van der Waals surface area contributed by atoms with Gasteiger partial charge in [0.15, 0.2) is 0 Å². The van der Waals surface area contributed by atoms with E-state index in [-0.39, 0.29) is 6.07 Å². The lowest BCUT2D eigenvalue weighted by atomic mass is 10.1. The Hall–Kier alpha value is -1.44. The van der Waals surface area contributed by atoms with E-state index in [9.17, 15) is 32.1 Å². The second kappa shape index (κ2) is 4.44. The number of halogens is 6. The number of benzene rings is 1. The normalized spacial score (nSPS) is 11.9. The van der Waals surface area contributed by atoms with Crippen molar-refractivity contribution in [3.63, 3.8) is 0 Å². The van der Waals surface area contributed by atoms with Crippen LogP contribution in [-0.4, -0.2) is 4.92 Å². The fourth-order valence-electron chi connectivity index (χ4n) is 1.10. The summed E-state index contributed by atoms with van der Waals surface area (Å²) in [6.07, 6.45) is -8.37. The van der Waals surface area contributed by atoms with E-state index >= 15 is 0 Å². The highest BCUT2D eigenvalue weighted by atomic mass is 35.5. The van der Waals surface area contributed by atoms with Gasteiger partial charge in [0.25, 0.3) is 12.1 Å². The first kappa shape index (κ1) is 13.6. The quantitative estimate of drug-likeness (QED) is 0.461. The van der Waals surface area contributed by atoms with Gasteiger partial charge in [-0.1, -0.05) is 11.6 Å². The fourth-order valence-corrected chi connectivity index (χ4v) is 1.40. The van der Waals surface area contributed by atoms with Gasteiger partial charge < -0.3 is 0 Å². The summed E-state index contributed by atoms with van der Waals surface area (Å²) in [5.41, 5.74) is -3.95. The third-order valence-electron chi connectivity index (χ3n) is 1.84. The number of non-ortho nitro benzene ring substituents is 1. The number of hydrogen-bond acceptors (Lipinski definition) is 2. The number of nitro groups is 1. The summed E-state index contributed by atoms with van der Waals surface area (Å²) in [6, 6.07) is 0.441. The zero-order valence-electron chi connectivity index (χ0n) is 7.76. The average Bonchev–Trinajstić information content (AvgIpc) is 2.15. The number of nitrogens with zero attached hydrogens (tertiary/aromatic N) is 1. The zero-order valence-corrected chi connectivity index (χ0v) is 8.52. The zero-order chi connectivity index (χ0) is 13.4. The standard InChI is InChI=1S/C8H3ClF5NO2/c9-6-4(7(10)11)1-3(15(16)17)2-5(6)8(12,13)14/h1-2,7H. The van der Waals surface area contributed by atoms with Crippen molar-refractivity contribution in [1.29, 1.82) is 0 Å². The number of hydrogen-bond donors (Lipinski definition) is 0. The second-order valence-electron chi connectivity index (χ2n) is 2.95. The van der Waals surface area contributed by atoms with E-state index in [4.69, 9.17) is 11.6 Å². The summed E-state index contributed by atoms with van der Waals surface area (Å²) in [7, 11) is 0. The predicted octanol–water partition coefficient (Wildman–Crippen LogP) is 4.20. The highest BCUT2D eigenvalue weighted by Gasteiger charge is 2.37. The molecule has 0 aliphatic heterocycles. The predicted molar refractivity (Wildman–Crippen MR) is 48.1 cm³/mol. The summed E-state index contributed by atoms with van der Waals surface area (Å²) in [5, 5.41) is 9.09. The Bertz CT molecular complexity index is 460. The third kappa shape index (κ3) is 2.82. The molecular weight excluding hydrogens is 273 g/mol.